The molecule has 98 valence electrons. The van der Waals surface area contributed by atoms with Crippen molar-refractivity contribution in [2.24, 2.45) is 0 Å². The lowest BCUT2D eigenvalue weighted by Crippen LogP contribution is -2.06. The summed E-state index contributed by atoms with van der Waals surface area (Å²) >= 11 is 12.1. The van der Waals surface area contributed by atoms with E-state index in [0.717, 1.165) is 12.3 Å². The molecule has 0 unspecified atom stereocenters. The number of aromatic nitrogens is 1. The maximum atomic E-state index is 13.2. The lowest BCUT2D eigenvalue weighted by atomic mass is 10.1. The maximum absolute atomic E-state index is 13.2. The smallest absolute Gasteiger partial charge is 0.340 e. The molecule has 0 atom stereocenters. The molecule has 0 aliphatic carbocycles. The fourth-order valence-electron chi connectivity index (χ4n) is 1.63. The van der Waals surface area contributed by atoms with Crippen LogP contribution in [0.2, 0.25) is 10.0 Å². The van der Waals surface area contributed by atoms with Gasteiger partial charge in [-0.3, -0.25) is 4.98 Å². The number of esters is 1. The number of hydrogen-bond acceptors (Lipinski definition) is 3. The van der Waals surface area contributed by atoms with Crippen LogP contribution in [-0.4, -0.2) is 18.1 Å². The van der Waals surface area contributed by atoms with Crippen molar-refractivity contribution in [3.8, 4) is 11.3 Å². The molecule has 0 radical (unpaired) electrons. The maximum Gasteiger partial charge on any atom is 0.340 e. The van der Waals surface area contributed by atoms with Gasteiger partial charge in [-0.25, -0.2) is 9.18 Å². The number of hydrogen-bond donors (Lipinski definition) is 0. The van der Waals surface area contributed by atoms with Crippen molar-refractivity contribution < 1.29 is 13.9 Å². The molecule has 0 aliphatic rings. The van der Waals surface area contributed by atoms with E-state index in [2.05, 4.69) is 9.72 Å². The van der Waals surface area contributed by atoms with Crippen LogP contribution in [-0.2, 0) is 4.74 Å². The number of benzene rings is 1. The summed E-state index contributed by atoms with van der Waals surface area (Å²) in [5.41, 5.74) is 0.521. The van der Waals surface area contributed by atoms with Gasteiger partial charge in [-0.2, -0.15) is 0 Å². The minimum atomic E-state index is -0.710. The van der Waals surface area contributed by atoms with E-state index in [9.17, 15) is 9.18 Å². The normalized spacial score (nSPS) is 10.3. The number of rotatable bonds is 2. The molecule has 1 aromatic carbocycles. The first kappa shape index (κ1) is 13.8. The standard InChI is InChI=1S/C13H8Cl2FNO2/c1-19-13(18)8-5-7(16)6-17-12(8)11-9(14)3-2-4-10(11)15/h2-6H,1H3. The summed E-state index contributed by atoms with van der Waals surface area (Å²) < 4.78 is 17.8. The minimum Gasteiger partial charge on any atom is -0.465 e. The van der Waals surface area contributed by atoms with Crippen LogP contribution in [0.1, 0.15) is 10.4 Å². The van der Waals surface area contributed by atoms with Crippen molar-refractivity contribution in [3.63, 3.8) is 0 Å². The third-order valence-electron chi connectivity index (χ3n) is 2.46. The van der Waals surface area contributed by atoms with Crippen molar-refractivity contribution in [1.82, 2.24) is 4.98 Å². The van der Waals surface area contributed by atoms with Crippen LogP contribution in [0.3, 0.4) is 0 Å². The topological polar surface area (TPSA) is 39.2 Å². The van der Waals surface area contributed by atoms with Gasteiger partial charge >= 0.3 is 5.97 Å². The highest BCUT2D eigenvalue weighted by molar-refractivity contribution is 6.39. The molecular weight excluding hydrogens is 292 g/mol. The lowest BCUT2D eigenvalue weighted by Gasteiger charge is -2.10. The first-order valence-corrected chi connectivity index (χ1v) is 5.98. The summed E-state index contributed by atoms with van der Waals surface area (Å²) in [4.78, 5) is 15.6. The summed E-state index contributed by atoms with van der Waals surface area (Å²) in [7, 11) is 1.20. The second-order valence-electron chi connectivity index (χ2n) is 3.64. The molecule has 1 heterocycles. The second-order valence-corrected chi connectivity index (χ2v) is 4.45. The lowest BCUT2D eigenvalue weighted by molar-refractivity contribution is 0.0600. The Hall–Kier alpha value is -1.65. The van der Waals surface area contributed by atoms with Gasteiger partial charge in [0, 0.05) is 5.56 Å². The Morgan fingerprint density at radius 1 is 1.32 bits per heavy atom. The van der Waals surface area contributed by atoms with Gasteiger partial charge < -0.3 is 4.74 Å². The fraction of sp³-hybridized carbons (Fsp3) is 0.0769. The van der Waals surface area contributed by atoms with Gasteiger partial charge in [-0.05, 0) is 18.2 Å². The van der Waals surface area contributed by atoms with Crippen molar-refractivity contribution in [2.45, 2.75) is 0 Å². The van der Waals surface area contributed by atoms with Crippen LogP contribution >= 0.6 is 23.2 Å². The van der Waals surface area contributed by atoms with E-state index in [0.29, 0.717) is 15.6 Å². The first-order chi connectivity index (χ1) is 9.04. The highest BCUT2D eigenvalue weighted by atomic mass is 35.5. The van der Waals surface area contributed by atoms with Gasteiger partial charge in [0.25, 0.3) is 0 Å². The molecule has 6 heteroatoms. The number of halogens is 3. The zero-order valence-electron chi connectivity index (χ0n) is 9.78. The summed E-state index contributed by atoms with van der Waals surface area (Å²) in [5, 5.41) is 0.633. The Morgan fingerprint density at radius 2 is 1.95 bits per heavy atom. The van der Waals surface area contributed by atoms with Crippen molar-refractivity contribution in [3.05, 3.63) is 51.9 Å². The van der Waals surface area contributed by atoms with Crippen LogP contribution in [0, 0.1) is 5.82 Å². The van der Waals surface area contributed by atoms with E-state index in [1.54, 1.807) is 18.2 Å². The van der Waals surface area contributed by atoms with E-state index >= 15 is 0 Å². The predicted molar refractivity (Wildman–Crippen MR) is 71.0 cm³/mol. The first-order valence-electron chi connectivity index (χ1n) is 5.23. The van der Waals surface area contributed by atoms with Crippen LogP contribution < -0.4 is 0 Å². The minimum absolute atomic E-state index is 0.0301. The third kappa shape index (κ3) is 2.69. The van der Waals surface area contributed by atoms with Crippen LogP contribution in [0.25, 0.3) is 11.3 Å². The number of ether oxygens (including phenoxy) is 1. The van der Waals surface area contributed by atoms with Crippen LogP contribution in [0.4, 0.5) is 4.39 Å². The van der Waals surface area contributed by atoms with Gasteiger partial charge in [-0.1, -0.05) is 29.3 Å². The Morgan fingerprint density at radius 3 is 2.53 bits per heavy atom. The number of nitrogens with zero attached hydrogens (tertiary/aromatic N) is 1. The molecule has 3 nitrogen and oxygen atoms in total. The van der Waals surface area contributed by atoms with E-state index in [-0.39, 0.29) is 11.3 Å². The fourth-order valence-corrected chi connectivity index (χ4v) is 2.20. The summed E-state index contributed by atoms with van der Waals surface area (Å²) in [6, 6.07) is 5.91. The zero-order chi connectivity index (χ0) is 14.0. The van der Waals surface area contributed by atoms with Gasteiger partial charge in [0.1, 0.15) is 5.82 Å². The molecule has 0 spiro atoms. The summed E-state index contributed by atoms with van der Waals surface area (Å²) in [6.07, 6.45) is 0.988. The molecule has 2 aromatic rings. The van der Waals surface area contributed by atoms with Gasteiger partial charge in [0.15, 0.2) is 0 Å². The van der Waals surface area contributed by atoms with Gasteiger partial charge in [0.2, 0.25) is 0 Å². The SMILES string of the molecule is COC(=O)c1cc(F)cnc1-c1c(Cl)cccc1Cl. The van der Waals surface area contributed by atoms with E-state index in [4.69, 9.17) is 23.2 Å². The third-order valence-corrected chi connectivity index (χ3v) is 3.09. The number of carbonyl (C=O) groups excluding carboxylic acids is 1. The van der Waals surface area contributed by atoms with E-state index < -0.39 is 11.8 Å². The Bertz CT molecular complexity index is 626. The molecule has 0 bridgehead atoms. The molecule has 2 rings (SSSR count). The van der Waals surface area contributed by atoms with Crippen molar-refractivity contribution >= 4 is 29.2 Å². The molecule has 0 aliphatic heterocycles. The average molecular weight is 300 g/mol. The van der Waals surface area contributed by atoms with Gasteiger partial charge in [-0.15, -0.1) is 0 Å². The van der Waals surface area contributed by atoms with Crippen molar-refractivity contribution in [1.29, 1.82) is 0 Å². The quantitative estimate of drug-likeness (QED) is 0.787. The van der Waals surface area contributed by atoms with Crippen LogP contribution in [0.15, 0.2) is 30.5 Å². The highest BCUT2D eigenvalue weighted by Crippen LogP contribution is 2.35. The Kier molecular flexibility index (Phi) is 4.02. The monoisotopic (exact) mass is 299 g/mol. The molecule has 19 heavy (non-hydrogen) atoms. The predicted octanol–water partition coefficient (Wildman–Crippen LogP) is 3.98. The average Bonchev–Trinajstić information content (AvgIpc) is 2.39. The highest BCUT2D eigenvalue weighted by Gasteiger charge is 2.20. The van der Waals surface area contributed by atoms with E-state index in [1.165, 1.54) is 7.11 Å². The number of carbonyl (C=O) groups is 1. The van der Waals surface area contributed by atoms with Gasteiger partial charge in [0.05, 0.1) is 34.6 Å². The Labute approximate surface area is 118 Å². The zero-order valence-corrected chi connectivity index (χ0v) is 11.3. The van der Waals surface area contributed by atoms with E-state index in [1.807, 2.05) is 0 Å². The molecule has 0 fully saturated rings. The molecular formula is C13H8Cl2FNO2. The molecule has 0 N–H and O–H groups in total. The number of pyridine rings is 1. The Balaban J connectivity index is 2.72. The molecule has 0 amide bonds. The number of methoxy groups -OCH3 is 1. The largest absolute Gasteiger partial charge is 0.465 e. The van der Waals surface area contributed by atoms with Crippen LogP contribution in [0.5, 0.6) is 0 Å². The molecule has 0 saturated carbocycles. The molecule has 1 aromatic heterocycles. The second kappa shape index (κ2) is 5.55. The van der Waals surface area contributed by atoms with Crippen molar-refractivity contribution in [2.75, 3.05) is 7.11 Å². The molecule has 0 saturated heterocycles. The summed E-state index contributed by atoms with van der Waals surface area (Å²) in [5.74, 6) is -1.36. The summed E-state index contributed by atoms with van der Waals surface area (Å²) in [6.45, 7) is 0.